The number of amides is 5. The summed E-state index contributed by atoms with van der Waals surface area (Å²) >= 11 is 1.25. The maximum absolute atomic E-state index is 12.7. The zero-order valence-corrected chi connectivity index (χ0v) is 41.1. The lowest BCUT2D eigenvalue weighted by Gasteiger charge is -2.30. The molecule has 1 aliphatic rings. The van der Waals surface area contributed by atoms with Crippen LogP contribution in [-0.4, -0.2) is 171 Å². The third-order valence-electron chi connectivity index (χ3n) is 9.08. The molecule has 8 atom stereocenters. The first-order chi connectivity index (χ1) is 32.7. The molecule has 2 aromatic heterocycles. The zero-order valence-electron chi connectivity index (χ0n) is 37.6. The van der Waals surface area contributed by atoms with Gasteiger partial charge < -0.3 is 72.4 Å². The molecule has 1 saturated heterocycles. The van der Waals surface area contributed by atoms with E-state index in [0.29, 0.717) is 31.6 Å². The Bertz CT molecular complexity index is 2310. The number of thioether (sulfide) groups is 1. The molecule has 404 valence electrons. The largest absolute Gasteiger partial charge is 0.490 e. The Morgan fingerprint density at radius 2 is 1.56 bits per heavy atom. The van der Waals surface area contributed by atoms with Crippen molar-refractivity contribution in [1.82, 2.24) is 40.8 Å². The molecule has 31 nitrogen and oxygen atoms in total. The lowest BCUT2D eigenvalue weighted by Crippen LogP contribution is -2.46. The second kappa shape index (κ2) is 27.6. The highest BCUT2D eigenvalue weighted by Gasteiger charge is 2.50. The number of carbonyl (C=O) groups excluding carboxylic acids is 5. The highest BCUT2D eigenvalue weighted by molar-refractivity contribution is 7.99. The van der Waals surface area contributed by atoms with Crippen molar-refractivity contribution < 1.29 is 113 Å². The number of phosphoric acid groups is 3. The first-order valence-electron chi connectivity index (χ1n) is 20.3. The molecule has 0 bridgehead atoms. The minimum atomic E-state index is -5.59. The molecular weight excluding hydrogens is 1050 g/mol. The van der Waals surface area contributed by atoms with E-state index in [0.717, 1.165) is 17.2 Å². The van der Waals surface area contributed by atoms with Gasteiger partial charge in [0, 0.05) is 44.1 Å². The number of unbranched alkanes of at least 4 members (excludes halogenated alkanes) is 1. The predicted octanol–water partition coefficient (Wildman–Crippen LogP) is -1.95. The second-order valence-electron chi connectivity index (χ2n) is 15.4. The number of carbonyl (C=O) groups is 6. The van der Waals surface area contributed by atoms with E-state index < -0.39 is 109 Å². The van der Waals surface area contributed by atoms with Gasteiger partial charge in [0.2, 0.25) is 29.5 Å². The molecule has 0 aromatic carbocycles. The minimum absolute atomic E-state index is 0.0196. The number of phosphoric ester groups is 3. The molecule has 38 heteroatoms. The standard InChI is InChI=1S/C31H53N10O19P3S.C2HF3O2/c1-17(42)40-18(27(33)47)6-4-5-8-34-21(44)13-64-11-10-35-20(43)7-9-36-29(48)25(46)31(2,3)14-57-63(54,55)60-62(52,53)56-12-19-24(59-61(49,50)51)23(45)30(58-19)41-16-39-22-26(32)37-15-38-28(22)41;3-2(4,5)1(6)7/h15-16,18-19,23-25,30,45-46H,4-14H2,1-3H3,(H2,33,47)(H,34,44)(H,35,43)(H,36,48)(H,40,42)(H,52,53)(H,54,55)(H2,32,37,38)(H2,49,50,51);(H,6,7)/t18-,19+,23-,24?,25-,30+;/m0./s1. The van der Waals surface area contributed by atoms with Crippen molar-refractivity contribution in [3.8, 4) is 0 Å². The van der Waals surface area contributed by atoms with Crippen molar-refractivity contribution in [2.45, 2.75) is 89.3 Å². The number of nitrogen functional groups attached to an aromatic ring is 1. The average Bonchev–Trinajstić information content (AvgIpc) is 3.80. The van der Waals surface area contributed by atoms with E-state index in [-0.39, 0.29) is 54.1 Å². The average molecular weight is 1110 g/mol. The van der Waals surface area contributed by atoms with E-state index in [1.54, 1.807) is 0 Å². The number of hydrogen-bond acceptors (Lipinski definition) is 21. The normalized spacial score (nSPS) is 19.8. The molecule has 0 saturated carbocycles. The van der Waals surface area contributed by atoms with Crippen LogP contribution < -0.4 is 32.7 Å². The fourth-order valence-corrected chi connectivity index (χ4v) is 9.16. The maximum Gasteiger partial charge on any atom is 0.490 e. The number of carboxylic acids is 1. The summed E-state index contributed by atoms with van der Waals surface area (Å²) < 4.78 is 93.9. The number of rotatable bonds is 28. The van der Waals surface area contributed by atoms with Crippen LogP contribution in [0.2, 0.25) is 0 Å². The lowest BCUT2D eigenvalue weighted by molar-refractivity contribution is -0.192. The van der Waals surface area contributed by atoms with Crippen molar-refractivity contribution in [3.05, 3.63) is 12.7 Å². The first-order valence-corrected chi connectivity index (χ1v) is 25.9. The highest BCUT2D eigenvalue weighted by Crippen LogP contribution is 2.61. The molecule has 3 rings (SSSR count). The van der Waals surface area contributed by atoms with Crippen molar-refractivity contribution >= 4 is 87.7 Å². The predicted molar refractivity (Wildman–Crippen MR) is 234 cm³/mol. The number of nitrogens with two attached hydrogens (primary N) is 2. The van der Waals surface area contributed by atoms with E-state index in [9.17, 15) is 80.6 Å². The Labute approximate surface area is 404 Å². The fraction of sp³-hybridized carbons (Fsp3) is 0.667. The summed E-state index contributed by atoms with van der Waals surface area (Å²) in [6.45, 7) is 2.01. The van der Waals surface area contributed by atoms with Gasteiger partial charge in [0.25, 0.3) is 0 Å². The van der Waals surface area contributed by atoms with E-state index in [1.807, 2.05) is 0 Å². The van der Waals surface area contributed by atoms with Crippen molar-refractivity contribution in [2.24, 2.45) is 11.1 Å². The third kappa shape index (κ3) is 22.5. The molecule has 5 amide bonds. The van der Waals surface area contributed by atoms with Gasteiger partial charge in [-0.15, -0.1) is 0 Å². The van der Waals surface area contributed by atoms with Gasteiger partial charge in [0.1, 0.15) is 42.3 Å². The Kier molecular flexibility index (Phi) is 24.3. The number of aliphatic carboxylic acids is 1. The van der Waals surface area contributed by atoms with E-state index >= 15 is 0 Å². The number of alkyl halides is 3. The number of imidazole rings is 1. The lowest BCUT2D eigenvalue weighted by atomic mass is 9.87. The summed E-state index contributed by atoms with van der Waals surface area (Å²) in [5, 5.41) is 38.7. The number of halogens is 3. The molecule has 0 spiro atoms. The van der Waals surface area contributed by atoms with Gasteiger partial charge in [-0.25, -0.2) is 33.4 Å². The Morgan fingerprint density at radius 1 is 0.944 bits per heavy atom. The molecule has 3 unspecified atom stereocenters. The number of hydrogen-bond donors (Lipinski definition) is 13. The highest BCUT2D eigenvalue weighted by atomic mass is 32.2. The summed E-state index contributed by atoms with van der Waals surface area (Å²) in [6.07, 6.45) is -10.7. The van der Waals surface area contributed by atoms with Gasteiger partial charge >= 0.3 is 35.6 Å². The number of aliphatic hydroxyl groups excluding tert-OH is 2. The molecule has 0 radical (unpaired) electrons. The van der Waals surface area contributed by atoms with Gasteiger partial charge in [-0.3, -0.25) is 42.1 Å². The first kappa shape index (κ1) is 62.7. The molecule has 15 N–H and O–H groups in total. The van der Waals surface area contributed by atoms with Crippen molar-refractivity contribution in [1.29, 1.82) is 0 Å². The number of primary amides is 1. The molecule has 1 aliphatic heterocycles. The minimum Gasteiger partial charge on any atom is -0.475 e. The van der Waals surface area contributed by atoms with Gasteiger partial charge in [-0.2, -0.15) is 29.2 Å². The van der Waals surface area contributed by atoms with Gasteiger partial charge in [0.05, 0.1) is 25.3 Å². The summed E-state index contributed by atoms with van der Waals surface area (Å²) in [7, 11) is -16.5. The molecule has 71 heavy (non-hydrogen) atoms. The zero-order chi connectivity index (χ0) is 54.1. The number of aliphatic hydroxyl groups is 2. The maximum atomic E-state index is 12.7. The number of anilines is 1. The number of fused-ring (bicyclic) bond motifs is 1. The van der Waals surface area contributed by atoms with Gasteiger partial charge in [0.15, 0.2) is 17.7 Å². The number of nitrogens with one attached hydrogen (secondary N) is 4. The van der Waals surface area contributed by atoms with Crippen molar-refractivity contribution in [2.75, 3.05) is 50.1 Å². The van der Waals surface area contributed by atoms with E-state index in [2.05, 4.69) is 45.1 Å². The van der Waals surface area contributed by atoms with Crippen LogP contribution in [0.1, 0.15) is 52.7 Å². The molecule has 1 fully saturated rings. The fourth-order valence-electron chi connectivity index (χ4n) is 5.65. The van der Waals surface area contributed by atoms with Crippen LogP contribution in [0, 0.1) is 5.41 Å². The van der Waals surface area contributed by atoms with Crippen LogP contribution in [0.15, 0.2) is 12.7 Å². The molecule has 2 aromatic rings. The SMILES string of the molecule is CC(=O)N[C@@H](CCCCNC(=O)CSCCNC(=O)CCNC(=O)[C@H](O)C(C)(C)COP(=O)(O)OP(=O)(O)OC[C@H]1O[C@@H](n2cnc3c(N)ncnc32)[C@@H](O)C1OP(=O)(O)O)C(N)=O.O=C(O)C(F)(F)F. The topological polar surface area (TPSA) is 485 Å². The van der Waals surface area contributed by atoms with E-state index in [4.69, 9.17) is 35.2 Å². The Morgan fingerprint density at radius 3 is 2.15 bits per heavy atom. The van der Waals surface area contributed by atoms with Crippen molar-refractivity contribution in [3.63, 3.8) is 0 Å². The smallest absolute Gasteiger partial charge is 0.475 e. The quantitative estimate of drug-likeness (QED) is 0.0325. The van der Waals surface area contributed by atoms with Gasteiger partial charge in [-0.1, -0.05) is 13.8 Å². The summed E-state index contributed by atoms with van der Waals surface area (Å²) in [6, 6.07) is -0.780. The summed E-state index contributed by atoms with van der Waals surface area (Å²) in [5.41, 5.74) is 9.47. The van der Waals surface area contributed by atoms with Crippen LogP contribution in [-0.2, 0) is 65.1 Å². The van der Waals surface area contributed by atoms with E-state index in [1.165, 1.54) is 32.5 Å². The number of ether oxygens (including phenoxy) is 1. The molecular formula is C33H54F3N10O21P3S. The molecule has 0 aliphatic carbocycles. The van der Waals surface area contributed by atoms with Crippen LogP contribution in [0.5, 0.6) is 0 Å². The monoisotopic (exact) mass is 1110 g/mol. The number of nitrogens with zero attached hydrogens (tertiary/aromatic N) is 4. The Hall–Kier alpha value is -4.44. The summed E-state index contributed by atoms with van der Waals surface area (Å²) in [5.74, 6) is -5.03. The van der Waals surface area contributed by atoms with Gasteiger partial charge in [-0.05, 0) is 19.3 Å². The third-order valence-corrected chi connectivity index (χ3v) is 13.1. The van der Waals surface area contributed by atoms with Crippen LogP contribution in [0.4, 0.5) is 19.0 Å². The summed E-state index contributed by atoms with van der Waals surface area (Å²) in [4.78, 5) is 119. The van der Waals surface area contributed by atoms with Crippen LogP contribution in [0.25, 0.3) is 11.2 Å². The van der Waals surface area contributed by atoms with Crippen LogP contribution in [0.3, 0.4) is 0 Å². The Balaban J connectivity index is 0.00000229. The number of aromatic nitrogens is 4. The number of carboxylic acid groups (broad SMARTS) is 1. The second-order valence-corrected chi connectivity index (χ2v) is 20.8. The van der Waals surface area contributed by atoms with Crippen LogP contribution >= 0.6 is 35.2 Å². The molecule has 3 heterocycles.